The first-order valence-corrected chi connectivity index (χ1v) is 11.4. The standard InChI is InChI=1S/C26H28ClN3O2/c1-18(2)32-26(31)24-7-4-12-29-25(24)30-14-13-28-17-23(30)16-19-5-3-6-21(15-19)20-8-10-22(27)11-9-20/h3-12,15,18,23,28H,13-14,16-17H2,1-2H3. The van der Waals surface area contributed by atoms with Crippen molar-refractivity contribution in [2.24, 2.45) is 0 Å². The smallest absolute Gasteiger partial charge is 0.342 e. The fraction of sp³-hybridized carbons (Fsp3) is 0.308. The van der Waals surface area contributed by atoms with Crippen LogP contribution in [0.4, 0.5) is 5.82 Å². The molecule has 0 radical (unpaired) electrons. The topological polar surface area (TPSA) is 54.5 Å². The molecule has 2 aromatic carbocycles. The molecule has 0 amide bonds. The van der Waals surface area contributed by atoms with Gasteiger partial charge in [-0.2, -0.15) is 0 Å². The van der Waals surface area contributed by atoms with Crippen LogP contribution in [0.1, 0.15) is 29.8 Å². The lowest BCUT2D eigenvalue weighted by molar-refractivity contribution is 0.0378. The molecule has 1 atom stereocenters. The maximum absolute atomic E-state index is 12.7. The van der Waals surface area contributed by atoms with Crippen LogP contribution < -0.4 is 10.2 Å². The summed E-state index contributed by atoms with van der Waals surface area (Å²) in [5.74, 6) is 0.364. The zero-order chi connectivity index (χ0) is 22.5. The second-order valence-corrected chi connectivity index (χ2v) is 8.73. The number of halogens is 1. The molecule has 1 aromatic heterocycles. The first kappa shape index (κ1) is 22.3. The fourth-order valence-corrected chi connectivity index (χ4v) is 4.20. The molecule has 0 bridgehead atoms. The van der Waals surface area contributed by atoms with Crippen LogP contribution in [0.5, 0.6) is 0 Å². The molecule has 4 rings (SSSR count). The Bertz CT molecular complexity index is 1070. The van der Waals surface area contributed by atoms with Gasteiger partial charge in [0.15, 0.2) is 0 Å². The third-order valence-electron chi connectivity index (χ3n) is 5.55. The third-order valence-corrected chi connectivity index (χ3v) is 5.80. The number of nitrogens with one attached hydrogen (secondary N) is 1. The minimum atomic E-state index is -0.329. The molecule has 5 nitrogen and oxygen atoms in total. The van der Waals surface area contributed by atoms with E-state index in [2.05, 4.69) is 39.5 Å². The maximum Gasteiger partial charge on any atom is 0.342 e. The van der Waals surface area contributed by atoms with Gasteiger partial charge in [-0.05, 0) is 61.2 Å². The summed E-state index contributed by atoms with van der Waals surface area (Å²) >= 11 is 6.04. The van der Waals surface area contributed by atoms with Crippen LogP contribution >= 0.6 is 11.6 Å². The van der Waals surface area contributed by atoms with E-state index in [1.165, 1.54) is 5.56 Å². The Hall–Kier alpha value is -2.89. The van der Waals surface area contributed by atoms with Gasteiger partial charge in [-0.3, -0.25) is 0 Å². The predicted octanol–water partition coefficient (Wildman–Crippen LogP) is 4.99. The molecule has 1 N–H and O–H groups in total. The van der Waals surface area contributed by atoms with E-state index in [9.17, 15) is 4.79 Å². The summed E-state index contributed by atoms with van der Waals surface area (Å²) in [7, 11) is 0. The Labute approximate surface area is 194 Å². The van der Waals surface area contributed by atoms with Gasteiger partial charge in [0, 0.05) is 36.9 Å². The van der Waals surface area contributed by atoms with E-state index in [4.69, 9.17) is 16.3 Å². The van der Waals surface area contributed by atoms with E-state index in [0.717, 1.165) is 42.2 Å². The molecule has 3 aromatic rings. The fourth-order valence-electron chi connectivity index (χ4n) is 4.08. The van der Waals surface area contributed by atoms with E-state index in [1.54, 1.807) is 18.3 Å². The number of nitrogens with zero attached hydrogens (tertiary/aromatic N) is 2. The van der Waals surface area contributed by atoms with Crippen molar-refractivity contribution in [3.05, 3.63) is 83.0 Å². The monoisotopic (exact) mass is 449 g/mol. The van der Waals surface area contributed by atoms with Crippen molar-refractivity contribution >= 4 is 23.4 Å². The van der Waals surface area contributed by atoms with Gasteiger partial charge in [0.1, 0.15) is 11.4 Å². The number of carbonyl (C=O) groups excluding carboxylic acids is 1. The molecule has 32 heavy (non-hydrogen) atoms. The second kappa shape index (κ2) is 10.2. The van der Waals surface area contributed by atoms with Crippen LogP contribution in [0.3, 0.4) is 0 Å². The zero-order valence-corrected chi connectivity index (χ0v) is 19.2. The van der Waals surface area contributed by atoms with Crippen molar-refractivity contribution in [3.8, 4) is 11.1 Å². The van der Waals surface area contributed by atoms with E-state index in [0.29, 0.717) is 11.4 Å². The number of anilines is 1. The van der Waals surface area contributed by atoms with Gasteiger partial charge in [0.05, 0.1) is 6.10 Å². The Kier molecular flexibility index (Phi) is 7.08. The summed E-state index contributed by atoms with van der Waals surface area (Å²) < 4.78 is 5.46. The lowest BCUT2D eigenvalue weighted by Crippen LogP contribution is -2.53. The average Bonchev–Trinajstić information content (AvgIpc) is 2.80. The highest BCUT2D eigenvalue weighted by molar-refractivity contribution is 6.30. The zero-order valence-electron chi connectivity index (χ0n) is 18.4. The molecule has 0 aliphatic carbocycles. The number of hydrogen-bond donors (Lipinski definition) is 1. The van der Waals surface area contributed by atoms with Gasteiger partial charge in [0.2, 0.25) is 0 Å². The number of ether oxygens (including phenoxy) is 1. The van der Waals surface area contributed by atoms with Crippen molar-refractivity contribution in [2.45, 2.75) is 32.4 Å². The first-order chi connectivity index (χ1) is 15.5. The molecule has 1 fully saturated rings. The summed E-state index contributed by atoms with van der Waals surface area (Å²) in [4.78, 5) is 19.5. The van der Waals surface area contributed by atoms with Crippen LogP contribution in [0.2, 0.25) is 5.02 Å². The minimum absolute atomic E-state index is 0.171. The van der Waals surface area contributed by atoms with Crippen LogP contribution in [-0.2, 0) is 11.2 Å². The average molecular weight is 450 g/mol. The van der Waals surface area contributed by atoms with Gasteiger partial charge < -0.3 is 15.0 Å². The molecule has 1 unspecified atom stereocenters. The van der Waals surface area contributed by atoms with Crippen molar-refractivity contribution in [3.63, 3.8) is 0 Å². The molecule has 1 aliphatic heterocycles. The van der Waals surface area contributed by atoms with Gasteiger partial charge >= 0.3 is 5.97 Å². The minimum Gasteiger partial charge on any atom is -0.459 e. The van der Waals surface area contributed by atoms with Crippen LogP contribution in [-0.4, -0.2) is 42.7 Å². The normalized spacial score (nSPS) is 16.2. The number of esters is 1. The molecule has 166 valence electrons. The lowest BCUT2D eigenvalue weighted by Gasteiger charge is -2.38. The highest BCUT2D eigenvalue weighted by atomic mass is 35.5. The molecule has 6 heteroatoms. The number of carbonyl (C=O) groups is 1. The van der Waals surface area contributed by atoms with Crippen LogP contribution in [0.15, 0.2) is 66.9 Å². The highest BCUT2D eigenvalue weighted by Gasteiger charge is 2.28. The molecule has 1 saturated heterocycles. The maximum atomic E-state index is 12.7. The van der Waals surface area contributed by atoms with E-state index < -0.39 is 0 Å². The summed E-state index contributed by atoms with van der Waals surface area (Å²) in [6.07, 6.45) is 2.40. The van der Waals surface area contributed by atoms with E-state index in [-0.39, 0.29) is 18.1 Å². The molecule has 1 aliphatic rings. The number of benzene rings is 2. The summed E-state index contributed by atoms with van der Waals surface area (Å²) in [6.45, 7) is 6.15. The van der Waals surface area contributed by atoms with Crippen molar-refractivity contribution in [2.75, 3.05) is 24.5 Å². The molecular formula is C26H28ClN3O2. The number of aromatic nitrogens is 1. The van der Waals surface area contributed by atoms with Crippen molar-refractivity contribution < 1.29 is 9.53 Å². The van der Waals surface area contributed by atoms with Crippen molar-refractivity contribution in [1.82, 2.24) is 10.3 Å². The van der Waals surface area contributed by atoms with Gasteiger partial charge in [-0.1, -0.05) is 48.0 Å². The molecule has 0 spiro atoms. The molecule has 2 heterocycles. The Morgan fingerprint density at radius 2 is 1.97 bits per heavy atom. The first-order valence-electron chi connectivity index (χ1n) is 11.0. The summed E-state index contributed by atoms with van der Waals surface area (Å²) in [5.41, 5.74) is 4.05. The van der Waals surface area contributed by atoms with Gasteiger partial charge in [0.25, 0.3) is 0 Å². The SMILES string of the molecule is CC(C)OC(=O)c1cccnc1N1CCNCC1Cc1cccc(-c2ccc(Cl)cc2)c1. The van der Waals surface area contributed by atoms with E-state index in [1.807, 2.05) is 38.1 Å². The predicted molar refractivity (Wildman–Crippen MR) is 129 cm³/mol. The Morgan fingerprint density at radius 3 is 2.75 bits per heavy atom. The summed E-state index contributed by atoms with van der Waals surface area (Å²) in [6, 6.07) is 20.2. The quantitative estimate of drug-likeness (QED) is 0.537. The number of piperazine rings is 1. The number of rotatable bonds is 6. The van der Waals surface area contributed by atoms with E-state index >= 15 is 0 Å². The van der Waals surface area contributed by atoms with Crippen molar-refractivity contribution in [1.29, 1.82) is 0 Å². The number of pyridine rings is 1. The Balaban J connectivity index is 1.59. The largest absolute Gasteiger partial charge is 0.459 e. The molecule has 0 saturated carbocycles. The lowest BCUT2D eigenvalue weighted by atomic mass is 9.98. The third kappa shape index (κ3) is 5.29. The van der Waals surface area contributed by atoms with Gasteiger partial charge in [-0.15, -0.1) is 0 Å². The second-order valence-electron chi connectivity index (χ2n) is 8.29. The van der Waals surface area contributed by atoms with Gasteiger partial charge in [-0.25, -0.2) is 9.78 Å². The van der Waals surface area contributed by atoms with Crippen LogP contribution in [0.25, 0.3) is 11.1 Å². The summed E-state index contributed by atoms with van der Waals surface area (Å²) in [5, 5.41) is 4.22. The Morgan fingerprint density at radius 1 is 1.16 bits per heavy atom. The highest BCUT2D eigenvalue weighted by Crippen LogP contribution is 2.26. The number of hydrogen-bond acceptors (Lipinski definition) is 5. The van der Waals surface area contributed by atoms with Crippen LogP contribution in [0, 0.1) is 0 Å². The molecular weight excluding hydrogens is 422 g/mol.